The van der Waals surface area contributed by atoms with Crippen molar-refractivity contribution in [2.75, 3.05) is 13.2 Å². The molecule has 35 heavy (non-hydrogen) atoms. The van der Waals surface area contributed by atoms with Gasteiger partial charge < -0.3 is 29.9 Å². The molecular weight excluding hydrogens is 454 g/mol. The quantitative estimate of drug-likeness (QED) is 0.421. The van der Waals surface area contributed by atoms with Crippen molar-refractivity contribution < 1.29 is 28.8 Å². The van der Waals surface area contributed by atoms with Gasteiger partial charge in [0.25, 0.3) is 5.91 Å². The molecular formula is C24H25N5O6. The molecule has 1 aliphatic heterocycles. The number of amides is 3. The van der Waals surface area contributed by atoms with Gasteiger partial charge in [-0.1, -0.05) is 41.6 Å². The summed E-state index contributed by atoms with van der Waals surface area (Å²) in [7, 11) is 0. The molecule has 0 fully saturated rings. The Morgan fingerprint density at radius 1 is 1.14 bits per heavy atom. The number of fused-ring (bicyclic) bond motifs is 1. The van der Waals surface area contributed by atoms with Crippen molar-refractivity contribution in [3.8, 4) is 0 Å². The molecule has 1 unspecified atom stereocenters. The molecule has 3 aromatic rings. The molecule has 11 nitrogen and oxygen atoms in total. The van der Waals surface area contributed by atoms with E-state index in [9.17, 15) is 19.5 Å². The summed E-state index contributed by atoms with van der Waals surface area (Å²) in [6.07, 6.45) is 2.32. The van der Waals surface area contributed by atoms with Crippen LogP contribution in [0, 0.1) is 0 Å². The van der Waals surface area contributed by atoms with Gasteiger partial charge in [0, 0.05) is 37.5 Å². The molecule has 3 heterocycles. The van der Waals surface area contributed by atoms with Crippen LogP contribution in [0.25, 0.3) is 0 Å². The smallest absolute Gasteiger partial charge is 0.405 e. The van der Waals surface area contributed by atoms with Crippen molar-refractivity contribution in [1.29, 1.82) is 0 Å². The van der Waals surface area contributed by atoms with Crippen LogP contribution < -0.4 is 10.6 Å². The number of hydrogen-bond donors (Lipinski definition) is 3. The number of carbonyl (C=O) groups is 3. The summed E-state index contributed by atoms with van der Waals surface area (Å²) in [5.74, 6) is -0.350. The fraction of sp³-hybridized carbons (Fsp3) is 0.292. The van der Waals surface area contributed by atoms with E-state index in [1.54, 1.807) is 18.5 Å². The molecule has 0 saturated heterocycles. The Morgan fingerprint density at radius 2 is 1.94 bits per heavy atom. The molecule has 1 atom stereocenters. The Morgan fingerprint density at radius 3 is 2.69 bits per heavy atom. The second-order valence-corrected chi connectivity index (χ2v) is 7.99. The van der Waals surface area contributed by atoms with Gasteiger partial charge in [-0.3, -0.25) is 14.6 Å². The van der Waals surface area contributed by atoms with Crippen LogP contribution in [0.5, 0.6) is 0 Å². The van der Waals surface area contributed by atoms with E-state index < -0.39 is 23.9 Å². The van der Waals surface area contributed by atoms with E-state index in [0.717, 1.165) is 11.1 Å². The van der Waals surface area contributed by atoms with Gasteiger partial charge in [0.15, 0.2) is 5.69 Å². The Kier molecular flexibility index (Phi) is 7.68. The van der Waals surface area contributed by atoms with Crippen molar-refractivity contribution in [3.63, 3.8) is 0 Å². The summed E-state index contributed by atoms with van der Waals surface area (Å²) in [6, 6.07) is 11.9. The van der Waals surface area contributed by atoms with Crippen molar-refractivity contribution >= 4 is 17.9 Å². The third-order valence-electron chi connectivity index (χ3n) is 5.52. The van der Waals surface area contributed by atoms with Crippen molar-refractivity contribution in [3.05, 3.63) is 83.0 Å². The first-order valence-electron chi connectivity index (χ1n) is 11.1. The average Bonchev–Trinajstić information content (AvgIpc) is 3.31. The highest BCUT2D eigenvalue weighted by atomic mass is 16.5. The van der Waals surface area contributed by atoms with Crippen LogP contribution in [-0.2, 0) is 35.6 Å². The second kappa shape index (κ2) is 11.3. The highest BCUT2D eigenvalue weighted by molar-refractivity contribution is 5.94. The molecule has 0 radical (unpaired) electrons. The molecule has 2 aromatic heterocycles. The van der Waals surface area contributed by atoms with Gasteiger partial charge in [-0.05, 0) is 17.2 Å². The lowest BCUT2D eigenvalue weighted by atomic mass is 10.0. The maximum atomic E-state index is 13.2. The number of hydrogen-bond acceptors (Lipinski definition) is 7. The lowest BCUT2D eigenvalue weighted by Gasteiger charge is -2.29. The molecule has 0 saturated carbocycles. The average molecular weight is 479 g/mol. The summed E-state index contributed by atoms with van der Waals surface area (Å²) < 4.78 is 10.9. The minimum atomic E-state index is -1.33. The highest BCUT2D eigenvalue weighted by Crippen LogP contribution is 2.23. The van der Waals surface area contributed by atoms with Crippen LogP contribution in [0.3, 0.4) is 0 Å². The van der Waals surface area contributed by atoms with Gasteiger partial charge in [-0.2, -0.15) is 0 Å². The van der Waals surface area contributed by atoms with Gasteiger partial charge >= 0.3 is 6.09 Å². The second-order valence-electron chi connectivity index (χ2n) is 7.99. The van der Waals surface area contributed by atoms with E-state index in [4.69, 9.17) is 9.26 Å². The zero-order valence-electron chi connectivity index (χ0n) is 18.8. The number of carboxylic acid groups (broad SMARTS) is 1. The number of nitrogens with zero attached hydrogens (tertiary/aromatic N) is 3. The Bertz CT molecular complexity index is 1170. The van der Waals surface area contributed by atoms with Crippen molar-refractivity contribution in [1.82, 2.24) is 25.7 Å². The topological polar surface area (TPSA) is 147 Å². The summed E-state index contributed by atoms with van der Waals surface area (Å²) in [4.78, 5) is 42.7. The highest BCUT2D eigenvalue weighted by Gasteiger charge is 2.33. The minimum absolute atomic E-state index is 0.0732. The number of pyridine rings is 1. The number of nitrogens with one attached hydrogen (secondary N) is 2. The third kappa shape index (κ3) is 6.21. The summed E-state index contributed by atoms with van der Waals surface area (Å²) >= 11 is 0. The van der Waals surface area contributed by atoms with E-state index in [2.05, 4.69) is 20.8 Å². The summed E-state index contributed by atoms with van der Waals surface area (Å²) in [5.41, 5.74) is 2.34. The van der Waals surface area contributed by atoms with Gasteiger partial charge in [0.05, 0.1) is 19.8 Å². The van der Waals surface area contributed by atoms with E-state index in [1.807, 2.05) is 36.4 Å². The molecule has 3 amide bonds. The Balaban J connectivity index is 1.39. The number of aromatic nitrogens is 2. The first-order valence-corrected chi connectivity index (χ1v) is 11.1. The first kappa shape index (κ1) is 23.9. The maximum absolute atomic E-state index is 13.2. The van der Waals surface area contributed by atoms with E-state index in [0.29, 0.717) is 24.3 Å². The first-order chi connectivity index (χ1) is 17.0. The van der Waals surface area contributed by atoms with Gasteiger partial charge in [0.2, 0.25) is 5.91 Å². The molecule has 0 aliphatic carbocycles. The van der Waals surface area contributed by atoms with Crippen molar-refractivity contribution in [2.24, 2.45) is 0 Å². The molecule has 3 N–H and O–H groups in total. The summed E-state index contributed by atoms with van der Waals surface area (Å²) in [6.45, 7) is 0.743. The normalized spacial score (nSPS) is 13.5. The fourth-order valence-electron chi connectivity index (χ4n) is 3.76. The van der Waals surface area contributed by atoms with Crippen LogP contribution in [0.15, 0.2) is 59.4 Å². The number of ether oxygens (including phenoxy) is 1. The van der Waals surface area contributed by atoms with E-state index in [1.165, 1.54) is 4.90 Å². The third-order valence-corrected chi connectivity index (χ3v) is 5.52. The van der Waals surface area contributed by atoms with E-state index >= 15 is 0 Å². The molecule has 11 heteroatoms. The maximum Gasteiger partial charge on any atom is 0.405 e. The largest absolute Gasteiger partial charge is 0.465 e. The lowest BCUT2D eigenvalue weighted by molar-refractivity contribution is -0.136. The van der Waals surface area contributed by atoms with Crippen molar-refractivity contribution in [2.45, 2.75) is 32.2 Å². The van der Waals surface area contributed by atoms with Gasteiger partial charge in [0.1, 0.15) is 11.8 Å². The fourth-order valence-corrected chi connectivity index (χ4v) is 3.76. The molecule has 1 aliphatic rings. The molecule has 4 rings (SSSR count). The zero-order chi connectivity index (χ0) is 24.6. The molecule has 182 valence electrons. The Hall–Kier alpha value is -4.25. The van der Waals surface area contributed by atoms with Gasteiger partial charge in [-0.15, -0.1) is 0 Å². The molecule has 0 spiro atoms. The van der Waals surface area contributed by atoms with Crippen LogP contribution in [0.4, 0.5) is 4.79 Å². The van der Waals surface area contributed by atoms with Crippen LogP contribution in [0.2, 0.25) is 0 Å². The monoisotopic (exact) mass is 479 g/mol. The zero-order valence-corrected chi connectivity index (χ0v) is 18.8. The van der Waals surface area contributed by atoms with Gasteiger partial charge in [-0.25, -0.2) is 4.79 Å². The number of carbonyl (C=O) groups excluding carboxylic acids is 2. The molecule has 1 aromatic carbocycles. The SMILES string of the molecule is O=C(O)NC(COCc1ccccc1)C(=O)N1CCc2onc(C(=O)NCc3cccnc3)c2C1. The lowest BCUT2D eigenvalue weighted by Crippen LogP contribution is -2.51. The molecule has 0 bridgehead atoms. The minimum Gasteiger partial charge on any atom is -0.465 e. The number of rotatable bonds is 9. The predicted octanol–water partition coefficient (Wildman–Crippen LogP) is 1.74. The Labute approximate surface area is 201 Å². The number of benzene rings is 1. The van der Waals surface area contributed by atoms with Crippen LogP contribution in [0.1, 0.15) is 32.9 Å². The standard InChI is InChI=1S/C24H25N5O6/c30-22(26-12-17-7-4-9-25-11-17)21-18-13-29(10-8-20(18)35-28-21)23(31)19(27-24(32)33)15-34-14-16-5-2-1-3-6-16/h1-7,9,11,19,27H,8,10,12-15H2,(H,26,30)(H,32,33). The summed E-state index contributed by atoms with van der Waals surface area (Å²) in [5, 5.41) is 18.1. The van der Waals surface area contributed by atoms with Crippen LogP contribution in [-0.4, -0.2) is 57.2 Å². The van der Waals surface area contributed by atoms with Crippen LogP contribution >= 0.6 is 0 Å². The van der Waals surface area contributed by atoms with E-state index in [-0.39, 0.29) is 32.0 Å². The predicted molar refractivity (Wildman–Crippen MR) is 122 cm³/mol.